The molecule has 0 radical (unpaired) electrons. The number of anilines is 1. The molecule has 21 heavy (non-hydrogen) atoms. The van der Waals surface area contributed by atoms with Gasteiger partial charge in [0.15, 0.2) is 0 Å². The maximum absolute atomic E-state index is 12.2. The summed E-state index contributed by atoms with van der Waals surface area (Å²) in [4.78, 5) is 28.1. The summed E-state index contributed by atoms with van der Waals surface area (Å²) in [7, 11) is 0. The number of hydrogen-bond acceptors (Lipinski definition) is 4. The minimum absolute atomic E-state index is 0.0683. The molecule has 110 valence electrons. The molecule has 1 aliphatic rings. The van der Waals surface area contributed by atoms with Crippen molar-refractivity contribution in [1.29, 1.82) is 0 Å². The van der Waals surface area contributed by atoms with Gasteiger partial charge < -0.3 is 5.32 Å². The Morgan fingerprint density at radius 3 is 2.86 bits per heavy atom. The van der Waals surface area contributed by atoms with Crippen LogP contribution < -0.4 is 11.0 Å². The number of pyridine rings is 1. The number of aromatic nitrogens is 4. The van der Waals surface area contributed by atoms with E-state index in [0.717, 1.165) is 31.5 Å². The highest BCUT2D eigenvalue weighted by atomic mass is 16.2. The van der Waals surface area contributed by atoms with Crippen LogP contribution in [-0.2, 0) is 24.3 Å². The highest BCUT2D eigenvalue weighted by Crippen LogP contribution is 2.10. The van der Waals surface area contributed by atoms with Gasteiger partial charge in [0.25, 0.3) is 0 Å². The number of nitrogens with zero attached hydrogens (tertiary/aromatic N) is 4. The Bertz CT molecular complexity index is 689. The molecule has 3 rings (SSSR count). The van der Waals surface area contributed by atoms with E-state index >= 15 is 0 Å². The second kappa shape index (κ2) is 5.90. The van der Waals surface area contributed by atoms with E-state index in [0.29, 0.717) is 12.2 Å². The quantitative estimate of drug-likeness (QED) is 0.905. The van der Waals surface area contributed by atoms with Crippen molar-refractivity contribution in [2.24, 2.45) is 0 Å². The Kier molecular flexibility index (Phi) is 3.81. The topological polar surface area (TPSA) is 81.8 Å². The minimum atomic E-state index is -0.267. The van der Waals surface area contributed by atoms with E-state index in [1.807, 2.05) is 0 Å². The van der Waals surface area contributed by atoms with E-state index in [-0.39, 0.29) is 18.1 Å². The molecular formula is C14H17N5O2. The predicted octanol–water partition coefficient (Wildman–Crippen LogP) is 0.805. The van der Waals surface area contributed by atoms with Crippen molar-refractivity contribution < 1.29 is 4.79 Å². The number of hydrogen-bond donors (Lipinski definition) is 1. The van der Waals surface area contributed by atoms with Crippen molar-refractivity contribution in [2.75, 3.05) is 5.32 Å². The van der Waals surface area contributed by atoms with Crippen LogP contribution in [0.3, 0.4) is 0 Å². The number of aryl methyl sites for hydroxylation is 1. The number of rotatable bonds is 3. The SMILES string of the molecule is O=C(Cn1nc2n(c1=O)CCCCC2)Nc1ccncc1. The standard InChI is InChI=1S/C14H17N5O2/c20-13(16-11-5-7-15-8-6-11)10-19-14(21)18-9-3-1-2-4-12(18)17-19/h5-8H,1-4,9-10H2,(H,15,16,20). The van der Waals surface area contributed by atoms with Crippen molar-refractivity contribution in [3.8, 4) is 0 Å². The third-order valence-corrected chi connectivity index (χ3v) is 3.54. The zero-order valence-corrected chi connectivity index (χ0v) is 11.7. The lowest BCUT2D eigenvalue weighted by atomic mass is 10.2. The van der Waals surface area contributed by atoms with Crippen molar-refractivity contribution in [2.45, 2.75) is 38.8 Å². The first kappa shape index (κ1) is 13.5. The van der Waals surface area contributed by atoms with Crippen LogP contribution in [0.4, 0.5) is 5.69 Å². The third-order valence-electron chi connectivity index (χ3n) is 3.54. The largest absolute Gasteiger partial charge is 0.346 e. The van der Waals surface area contributed by atoms with E-state index in [9.17, 15) is 9.59 Å². The van der Waals surface area contributed by atoms with E-state index < -0.39 is 0 Å². The van der Waals surface area contributed by atoms with Crippen LogP contribution in [-0.4, -0.2) is 25.2 Å². The molecule has 7 heteroatoms. The van der Waals surface area contributed by atoms with Gasteiger partial charge in [0.05, 0.1) is 0 Å². The highest BCUT2D eigenvalue weighted by Gasteiger charge is 2.17. The van der Waals surface area contributed by atoms with Gasteiger partial charge in [-0.1, -0.05) is 6.42 Å². The summed E-state index contributed by atoms with van der Waals surface area (Å²) in [5.41, 5.74) is 0.459. The third kappa shape index (κ3) is 3.01. The van der Waals surface area contributed by atoms with Gasteiger partial charge in [-0.05, 0) is 25.0 Å². The summed E-state index contributed by atoms with van der Waals surface area (Å²) in [5, 5.41) is 7.01. The Labute approximate surface area is 121 Å². The molecular weight excluding hydrogens is 270 g/mol. The van der Waals surface area contributed by atoms with Crippen molar-refractivity contribution in [3.63, 3.8) is 0 Å². The van der Waals surface area contributed by atoms with Crippen LogP contribution in [0.15, 0.2) is 29.3 Å². The molecule has 0 aliphatic carbocycles. The predicted molar refractivity (Wildman–Crippen MR) is 76.9 cm³/mol. The van der Waals surface area contributed by atoms with Crippen molar-refractivity contribution >= 4 is 11.6 Å². The van der Waals surface area contributed by atoms with Gasteiger partial charge in [-0.15, -0.1) is 0 Å². The molecule has 0 saturated heterocycles. The molecule has 1 N–H and O–H groups in total. The lowest BCUT2D eigenvalue weighted by Crippen LogP contribution is -2.30. The number of carbonyl (C=O) groups is 1. The zero-order valence-electron chi connectivity index (χ0n) is 11.7. The molecule has 1 aliphatic heterocycles. The summed E-state index contributed by atoms with van der Waals surface area (Å²) >= 11 is 0. The lowest BCUT2D eigenvalue weighted by Gasteiger charge is -2.04. The Morgan fingerprint density at radius 1 is 1.24 bits per heavy atom. The lowest BCUT2D eigenvalue weighted by molar-refractivity contribution is -0.117. The molecule has 0 saturated carbocycles. The number of fused-ring (bicyclic) bond motifs is 1. The summed E-state index contributed by atoms with van der Waals surface area (Å²) in [6.45, 7) is 0.626. The van der Waals surface area contributed by atoms with Crippen LogP contribution >= 0.6 is 0 Å². The Hall–Kier alpha value is -2.44. The van der Waals surface area contributed by atoms with E-state index in [1.165, 1.54) is 4.68 Å². The van der Waals surface area contributed by atoms with Gasteiger partial charge in [0.1, 0.15) is 12.4 Å². The van der Waals surface area contributed by atoms with Gasteiger partial charge in [-0.3, -0.25) is 14.3 Å². The Morgan fingerprint density at radius 2 is 2.05 bits per heavy atom. The fourth-order valence-corrected chi connectivity index (χ4v) is 2.50. The van der Waals surface area contributed by atoms with Crippen LogP contribution in [0.2, 0.25) is 0 Å². The fraction of sp³-hybridized carbons (Fsp3) is 0.429. The van der Waals surface area contributed by atoms with Crippen LogP contribution in [0, 0.1) is 0 Å². The average molecular weight is 287 g/mol. The Balaban J connectivity index is 1.73. The molecule has 1 amide bonds. The molecule has 2 aromatic heterocycles. The summed E-state index contributed by atoms with van der Waals surface area (Å²) in [6.07, 6.45) is 7.14. The van der Waals surface area contributed by atoms with Gasteiger partial charge in [0.2, 0.25) is 5.91 Å². The average Bonchev–Trinajstić information content (AvgIpc) is 2.67. The first-order valence-corrected chi connectivity index (χ1v) is 7.10. The second-order valence-corrected chi connectivity index (χ2v) is 5.10. The zero-order chi connectivity index (χ0) is 14.7. The maximum atomic E-state index is 12.2. The number of nitrogens with one attached hydrogen (secondary N) is 1. The van der Waals surface area contributed by atoms with Gasteiger partial charge >= 0.3 is 5.69 Å². The minimum Gasteiger partial charge on any atom is -0.324 e. The number of carbonyl (C=O) groups excluding carboxylic acids is 1. The fourth-order valence-electron chi connectivity index (χ4n) is 2.50. The summed E-state index contributed by atoms with van der Waals surface area (Å²) in [5.74, 6) is 0.519. The molecule has 0 bridgehead atoms. The summed E-state index contributed by atoms with van der Waals surface area (Å²) < 4.78 is 2.93. The summed E-state index contributed by atoms with van der Waals surface area (Å²) in [6, 6.07) is 3.39. The van der Waals surface area contributed by atoms with Gasteiger partial charge in [-0.2, -0.15) is 5.10 Å². The molecule has 0 spiro atoms. The van der Waals surface area contributed by atoms with E-state index in [1.54, 1.807) is 29.1 Å². The monoisotopic (exact) mass is 287 g/mol. The smallest absolute Gasteiger partial charge is 0.324 e. The molecule has 0 unspecified atom stereocenters. The van der Waals surface area contributed by atoms with E-state index in [2.05, 4.69) is 15.4 Å². The van der Waals surface area contributed by atoms with E-state index in [4.69, 9.17) is 0 Å². The number of amides is 1. The van der Waals surface area contributed by atoms with Crippen LogP contribution in [0.25, 0.3) is 0 Å². The normalized spacial score (nSPS) is 14.3. The first-order chi connectivity index (χ1) is 10.2. The first-order valence-electron chi connectivity index (χ1n) is 7.10. The van der Waals surface area contributed by atoms with Crippen molar-refractivity contribution in [1.82, 2.24) is 19.3 Å². The molecule has 0 aromatic carbocycles. The highest BCUT2D eigenvalue weighted by molar-refractivity contribution is 5.90. The molecule has 0 fully saturated rings. The molecule has 3 heterocycles. The second-order valence-electron chi connectivity index (χ2n) is 5.10. The molecule has 7 nitrogen and oxygen atoms in total. The van der Waals surface area contributed by atoms with Gasteiger partial charge in [0, 0.05) is 31.0 Å². The van der Waals surface area contributed by atoms with Gasteiger partial charge in [-0.25, -0.2) is 9.48 Å². The molecule has 0 atom stereocenters. The van der Waals surface area contributed by atoms with Crippen molar-refractivity contribution in [3.05, 3.63) is 40.8 Å². The van der Waals surface area contributed by atoms with Crippen LogP contribution in [0.1, 0.15) is 25.1 Å². The maximum Gasteiger partial charge on any atom is 0.346 e. The van der Waals surface area contributed by atoms with Crippen LogP contribution in [0.5, 0.6) is 0 Å². The molecule has 2 aromatic rings.